The Hall–Kier alpha value is -3.68. The van der Waals surface area contributed by atoms with Crippen molar-refractivity contribution in [3.05, 3.63) is 93.3 Å². The number of alkyl halides is 3. The summed E-state index contributed by atoms with van der Waals surface area (Å²) in [5.74, 6) is -1.25. The van der Waals surface area contributed by atoms with E-state index in [1.807, 2.05) is 13.8 Å². The summed E-state index contributed by atoms with van der Waals surface area (Å²) in [6.45, 7) is 8.90. The molecule has 4 rings (SSSR count). The van der Waals surface area contributed by atoms with Crippen LogP contribution in [0.2, 0.25) is 0 Å². The number of carbonyl (C=O) groups excluding carboxylic acids is 1. The van der Waals surface area contributed by atoms with E-state index >= 15 is 0 Å². The first-order valence-electron chi connectivity index (χ1n) is 13.4. The number of fused-ring (bicyclic) bond motifs is 1. The van der Waals surface area contributed by atoms with Gasteiger partial charge in [0.2, 0.25) is 0 Å². The molecule has 1 atom stereocenters. The number of aryl methyl sites for hydroxylation is 1. The summed E-state index contributed by atoms with van der Waals surface area (Å²) in [6.07, 6.45) is -1.74. The van der Waals surface area contributed by atoms with E-state index < -0.39 is 34.6 Å². The maximum absolute atomic E-state index is 14.4. The quantitative estimate of drug-likeness (QED) is 0.283. The summed E-state index contributed by atoms with van der Waals surface area (Å²) in [7, 11) is 1.50. The molecule has 40 heavy (non-hydrogen) atoms. The molecule has 0 saturated heterocycles. The lowest BCUT2D eigenvalue weighted by Crippen LogP contribution is -2.32. The van der Waals surface area contributed by atoms with Gasteiger partial charge in [-0.1, -0.05) is 68.0 Å². The molecular weight excluding hydrogens is 519 g/mol. The number of benzene rings is 2. The highest BCUT2D eigenvalue weighted by atomic mass is 19.4. The van der Waals surface area contributed by atoms with E-state index in [2.05, 4.69) is 6.58 Å². The molecule has 5 nitrogen and oxygen atoms in total. The zero-order valence-electron chi connectivity index (χ0n) is 23.4. The molecule has 8 heteroatoms. The lowest BCUT2D eigenvalue weighted by molar-refractivity contribution is -0.142. The van der Waals surface area contributed by atoms with Crippen LogP contribution >= 0.6 is 0 Å². The van der Waals surface area contributed by atoms with Crippen molar-refractivity contribution in [1.29, 1.82) is 0 Å². The van der Waals surface area contributed by atoms with E-state index in [9.17, 15) is 32.7 Å². The van der Waals surface area contributed by atoms with Gasteiger partial charge in [0, 0.05) is 29.8 Å². The fraction of sp³-hybridized carbons (Fsp3) is 0.406. The number of para-hydroxylation sites is 1. The van der Waals surface area contributed by atoms with Gasteiger partial charge < -0.3 is 9.67 Å². The van der Waals surface area contributed by atoms with Crippen molar-refractivity contribution >= 4 is 22.7 Å². The van der Waals surface area contributed by atoms with Gasteiger partial charge in [-0.15, -0.1) is 0 Å². The van der Waals surface area contributed by atoms with E-state index in [0.29, 0.717) is 37.7 Å². The molecule has 0 spiro atoms. The van der Waals surface area contributed by atoms with E-state index in [4.69, 9.17) is 0 Å². The van der Waals surface area contributed by atoms with Crippen LogP contribution in [-0.4, -0.2) is 21.4 Å². The molecule has 0 unspecified atom stereocenters. The number of carboxylic acid groups (broad SMARTS) is 1. The standard InChI is InChI=1S/C26H26F3NO3.C6H10O/c1-3-7-17(24(32)33)14-16-8-6-9-18(15-16)25(12-13-25)22-21(26(27,28)29)19-10-4-5-11-20(19)30(2)23(22)31;1-5(2)4-6(3)7/h4-6,8-11,15,17H,3,7,12-14H2,1-2H3,(H,32,33);1,4H2,2-3H3/t17-;/m0./s1. The van der Waals surface area contributed by atoms with Gasteiger partial charge in [-0.3, -0.25) is 14.4 Å². The number of rotatable bonds is 9. The number of pyridine rings is 1. The molecule has 1 aliphatic carbocycles. The second-order valence-corrected chi connectivity index (χ2v) is 10.8. The highest BCUT2D eigenvalue weighted by Gasteiger charge is 2.53. The molecule has 1 heterocycles. The van der Waals surface area contributed by atoms with Crippen LogP contribution in [0.1, 0.15) is 75.1 Å². The fourth-order valence-electron chi connectivity index (χ4n) is 5.41. The van der Waals surface area contributed by atoms with Crippen LogP contribution in [0.15, 0.2) is 65.5 Å². The number of ketones is 1. The number of Topliss-reactive ketones (excluding diaryl/α,β-unsaturated/α-hetero) is 1. The Morgan fingerprint density at radius 2 is 1.75 bits per heavy atom. The Balaban J connectivity index is 0.000000559. The maximum Gasteiger partial charge on any atom is 0.417 e. The van der Waals surface area contributed by atoms with E-state index in [1.165, 1.54) is 23.7 Å². The number of aromatic nitrogens is 1. The third kappa shape index (κ3) is 6.72. The van der Waals surface area contributed by atoms with Crippen molar-refractivity contribution < 1.29 is 27.9 Å². The molecule has 3 aromatic rings. The van der Waals surface area contributed by atoms with Crippen LogP contribution in [0, 0.1) is 5.92 Å². The second-order valence-electron chi connectivity index (χ2n) is 10.8. The number of nitrogens with zero attached hydrogens (tertiary/aromatic N) is 1. The number of carboxylic acids is 1. The zero-order chi connectivity index (χ0) is 29.8. The number of hydrogen-bond donors (Lipinski definition) is 1. The van der Waals surface area contributed by atoms with Crippen molar-refractivity contribution in [2.75, 3.05) is 0 Å². The molecule has 0 amide bonds. The molecule has 1 aromatic heterocycles. The Labute approximate surface area is 232 Å². The monoisotopic (exact) mass is 555 g/mol. The Kier molecular flexibility index (Phi) is 9.44. The van der Waals surface area contributed by atoms with Crippen molar-refractivity contribution in [1.82, 2.24) is 4.57 Å². The van der Waals surface area contributed by atoms with Gasteiger partial charge in [0.05, 0.1) is 17.0 Å². The van der Waals surface area contributed by atoms with Crippen LogP contribution in [-0.2, 0) is 34.6 Å². The van der Waals surface area contributed by atoms with Crippen LogP contribution in [0.5, 0.6) is 0 Å². The Bertz CT molecular complexity index is 1470. The summed E-state index contributed by atoms with van der Waals surface area (Å²) in [6, 6.07) is 13.2. The summed E-state index contributed by atoms with van der Waals surface area (Å²) in [5.41, 5.74) is -0.166. The average Bonchev–Trinajstić information content (AvgIpc) is 3.66. The summed E-state index contributed by atoms with van der Waals surface area (Å²) in [5, 5.41) is 9.52. The maximum atomic E-state index is 14.4. The minimum Gasteiger partial charge on any atom is -0.481 e. The number of allylic oxidation sites excluding steroid dienone is 1. The van der Waals surface area contributed by atoms with E-state index in [0.717, 1.165) is 17.6 Å². The zero-order valence-corrected chi connectivity index (χ0v) is 23.4. The first-order valence-corrected chi connectivity index (χ1v) is 13.4. The molecule has 1 fully saturated rings. The third-order valence-electron chi connectivity index (χ3n) is 7.31. The van der Waals surface area contributed by atoms with Crippen molar-refractivity contribution in [3.8, 4) is 0 Å². The van der Waals surface area contributed by atoms with Gasteiger partial charge in [-0.25, -0.2) is 0 Å². The number of carbonyl (C=O) groups is 2. The lowest BCUT2D eigenvalue weighted by Gasteiger charge is -2.24. The molecular formula is C32H36F3NO4. The molecule has 2 aromatic carbocycles. The molecule has 1 N–H and O–H groups in total. The van der Waals surface area contributed by atoms with Crippen LogP contribution in [0.25, 0.3) is 10.9 Å². The van der Waals surface area contributed by atoms with Gasteiger partial charge in [0.1, 0.15) is 5.78 Å². The fourth-order valence-corrected chi connectivity index (χ4v) is 5.41. The van der Waals surface area contributed by atoms with Gasteiger partial charge in [-0.2, -0.15) is 13.2 Å². The van der Waals surface area contributed by atoms with Crippen LogP contribution in [0.4, 0.5) is 13.2 Å². The van der Waals surface area contributed by atoms with Crippen LogP contribution in [0.3, 0.4) is 0 Å². The number of halogens is 3. The lowest BCUT2D eigenvalue weighted by atomic mass is 9.82. The number of aliphatic carboxylic acids is 1. The van der Waals surface area contributed by atoms with Crippen molar-refractivity contribution in [3.63, 3.8) is 0 Å². The van der Waals surface area contributed by atoms with E-state index in [-0.39, 0.29) is 22.2 Å². The SMILES string of the molecule is C=C(C)CC(C)=O.CCC[C@@H](Cc1cccc(C2(c3c(C(F)(F)F)c4ccccc4n(C)c3=O)CC2)c1)C(=O)O. The van der Waals surface area contributed by atoms with E-state index in [1.54, 1.807) is 43.3 Å². The summed E-state index contributed by atoms with van der Waals surface area (Å²) < 4.78 is 44.4. The molecule has 0 aliphatic heterocycles. The third-order valence-corrected chi connectivity index (χ3v) is 7.31. The predicted octanol–water partition coefficient (Wildman–Crippen LogP) is 7.22. The highest BCUT2D eigenvalue weighted by molar-refractivity contribution is 5.85. The largest absolute Gasteiger partial charge is 0.481 e. The van der Waals surface area contributed by atoms with Crippen LogP contribution < -0.4 is 5.56 Å². The minimum absolute atomic E-state index is 0.0124. The molecule has 1 saturated carbocycles. The highest BCUT2D eigenvalue weighted by Crippen LogP contribution is 2.56. The number of hydrogen-bond acceptors (Lipinski definition) is 3. The average molecular weight is 556 g/mol. The minimum atomic E-state index is -4.69. The Morgan fingerprint density at radius 3 is 2.25 bits per heavy atom. The normalized spacial score (nSPS) is 14.7. The second kappa shape index (κ2) is 12.2. The molecule has 214 valence electrons. The van der Waals surface area contributed by atoms with Gasteiger partial charge in [-0.05, 0) is 56.7 Å². The van der Waals surface area contributed by atoms with Crippen molar-refractivity contribution in [2.45, 2.75) is 70.9 Å². The van der Waals surface area contributed by atoms with Gasteiger partial charge in [0.15, 0.2) is 0 Å². The topological polar surface area (TPSA) is 76.4 Å². The summed E-state index contributed by atoms with van der Waals surface area (Å²) >= 11 is 0. The smallest absolute Gasteiger partial charge is 0.417 e. The molecule has 1 aliphatic rings. The first kappa shape index (κ1) is 30.9. The Morgan fingerprint density at radius 1 is 1.10 bits per heavy atom. The van der Waals surface area contributed by atoms with Gasteiger partial charge in [0.25, 0.3) is 5.56 Å². The predicted molar refractivity (Wildman–Crippen MR) is 150 cm³/mol. The summed E-state index contributed by atoms with van der Waals surface area (Å²) in [4.78, 5) is 35.1. The van der Waals surface area contributed by atoms with Crippen molar-refractivity contribution in [2.24, 2.45) is 13.0 Å². The molecule has 0 bridgehead atoms. The van der Waals surface area contributed by atoms with Gasteiger partial charge >= 0.3 is 12.1 Å². The first-order chi connectivity index (χ1) is 18.7. The molecule has 0 radical (unpaired) electrons.